The van der Waals surface area contributed by atoms with Gasteiger partial charge in [0.2, 0.25) is 0 Å². The van der Waals surface area contributed by atoms with E-state index in [1.54, 1.807) is 0 Å². The molecule has 0 heterocycles. The molecule has 1 unspecified atom stereocenters. The van der Waals surface area contributed by atoms with Gasteiger partial charge in [-0.25, -0.2) is 0 Å². The van der Waals surface area contributed by atoms with E-state index < -0.39 is 0 Å². The van der Waals surface area contributed by atoms with E-state index in [0.29, 0.717) is 5.54 Å². The minimum Gasteiger partial charge on any atom is -1.00 e. The zero-order valence-electron chi connectivity index (χ0n) is 30.8. The minimum atomic E-state index is 0. The number of halogens is 1. The average Bonchev–Trinajstić information content (AvgIpc) is 2.99. The Morgan fingerprint density at radius 1 is 0.381 bits per heavy atom. The van der Waals surface area contributed by atoms with Crippen molar-refractivity contribution in [3.63, 3.8) is 0 Å². The first-order valence-corrected chi connectivity index (χ1v) is 19.9. The van der Waals surface area contributed by atoms with E-state index in [0.717, 1.165) is 5.92 Å². The van der Waals surface area contributed by atoms with Crippen LogP contribution in [0.2, 0.25) is 0 Å². The number of quaternary nitrogens is 1. The van der Waals surface area contributed by atoms with Crippen LogP contribution in [0, 0.1) is 5.92 Å². The molecule has 0 aliphatic carbocycles. The van der Waals surface area contributed by atoms with E-state index in [2.05, 4.69) is 48.5 Å². The third-order valence-electron chi connectivity index (χ3n) is 10.8. The summed E-state index contributed by atoms with van der Waals surface area (Å²) < 4.78 is 1.48. The molecule has 0 bridgehead atoms. The quantitative estimate of drug-likeness (QED) is 0.0486. The third kappa shape index (κ3) is 18.4. The molecule has 0 aromatic heterocycles. The highest BCUT2D eigenvalue weighted by atomic mass is 79.9. The van der Waals surface area contributed by atoms with Crippen LogP contribution in [-0.4, -0.2) is 29.7 Å². The summed E-state index contributed by atoms with van der Waals surface area (Å²) in [5.41, 5.74) is 0.511. The first-order valence-electron chi connectivity index (χ1n) is 19.9. The highest BCUT2D eigenvalue weighted by molar-refractivity contribution is 4.90. The van der Waals surface area contributed by atoms with Gasteiger partial charge in [0.15, 0.2) is 0 Å². The van der Waals surface area contributed by atoms with Gasteiger partial charge in [-0.1, -0.05) is 164 Å². The summed E-state index contributed by atoms with van der Waals surface area (Å²) in [6.45, 7) is 21.4. The predicted octanol–water partition coefficient (Wildman–Crippen LogP) is 11.2. The fraction of sp³-hybridized carbons (Fsp3) is 1.00. The minimum absolute atomic E-state index is 0. The molecule has 0 saturated heterocycles. The van der Waals surface area contributed by atoms with Gasteiger partial charge in [-0.3, -0.25) is 0 Å². The van der Waals surface area contributed by atoms with Gasteiger partial charge in [0.25, 0.3) is 0 Å². The van der Waals surface area contributed by atoms with Crippen LogP contribution in [-0.2, 0) is 0 Å². The topological polar surface area (TPSA) is 0 Å². The van der Waals surface area contributed by atoms with Gasteiger partial charge in [-0.15, -0.1) is 0 Å². The van der Waals surface area contributed by atoms with Crippen molar-refractivity contribution in [2.24, 2.45) is 5.92 Å². The van der Waals surface area contributed by atoms with E-state index >= 15 is 0 Å². The van der Waals surface area contributed by atoms with Crippen molar-refractivity contribution in [2.75, 3.05) is 19.6 Å². The number of nitrogens with zero attached hydrogens (tertiary/aromatic N) is 1. The summed E-state index contributed by atoms with van der Waals surface area (Å²) in [6, 6.07) is 0. The van der Waals surface area contributed by atoms with Crippen LogP contribution in [0.15, 0.2) is 0 Å². The van der Waals surface area contributed by atoms with Gasteiger partial charge < -0.3 is 21.5 Å². The van der Waals surface area contributed by atoms with Gasteiger partial charge in [-0.2, -0.15) is 0 Å². The van der Waals surface area contributed by atoms with Crippen molar-refractivity contribution in [3.05, 3.63) is 0 Å². The second-order valence-electron chi connectivity index (χ2n) is 14.2. The molecule has 42 heavy (non-hydrogen) atoms. The van der Waals surface area contributed by atoms with Crippen molar-refractivity contribution in [2.45, 2.75) is 234 Å². The normalized spacial score (nSPS) is 12.9. The molecule has 0 amide bonds. The first kappa shape index (κ1) is 44.6. The molecule has 0 fully saturated rings. The van der Waals surface area contributed by atoms with Crippen LogP contribution < -0.4 is 17.0 Å². The molecular weight excluding hydrogens is 574 g/mol. The van der Waals surface area contributed by atoms with Crippen molar-refractivity contribution < 1.29 is 21.5 Å². The molecule has 0 saturated carbocycles. The van der Waals surface area contributed by atoms with Gasteiger partial charge in [0, 0.05) is 18.8 Å². The smallest absolute Gasteiger partial charge is 0.102 e. The zero-order valence-corrected chi connectivity index (χ0v) is 32.4. The highest BCUT2D eigenvalue weighted by Gasteiger charge is 2.52. The lowest BCUT2D eigenvalue weighted by atomic mass is 9.69. The number of hydrogen-bond donors (Lipinski definition) is 0. The Balaban J connectivity index is 0. The number of unbranched alkanes of at least 4 members (excludes halogenated alkanes) is 18. The van der Waals surface area contributed by atoms with Crippen LogP contribution in [0.1, 0.15) is 228 Å². The molecule has 1 nitrogen and oxygen atoms in total. The van der Waals surface area contributed by atoms with Crippen molar-refractivity contribution in [1.29, 1.82) is 0 Å². The monoisotopic (exact) mass is 658 g/mol. The summed E-state index contributed by atoms with van der Waals surface area (Å²) in [7, 11) is 0. The Morgan fingerprint density at radius 3 is 1.07 bits per heavy atom. The molecule has 0 rings (SSSR count). The Labute approximate surface area is 279 Å². The van der Waals surface area contributed by atoms with Crippen molar-refractivity contribution >= 4 is 0 Å². The van der Waals surface area contributed by atoms with E-state index in [1.165, 1.54) is 204 Å². The average molecular weight is 659 g/mol. The van der Waals surface area contributed by atoms with E-state index in [-0.39, 0.29) is 17.0 Å². The largest absolute Gasteiger partial charge is 1.00 e. The summed E-state index contributed by atoms with van der Waals surface area (Å²) in [4.78, 5) is 0. The van der Waals surface area contributed by atoms with Crippen LogP contribution in [0.5, 0.6) is 0 Å². The van der Waals surface area contributed by atoms with E-state index in [1.807, 2.05) is 0 Å². The van der Waals surface area contributed by atoms with Gasteiger partial charge in [0.1, 0.15) is 5.54 Å². The van der Waals surface area contributed by atoms with Crippen LogP contribution in [0.3, 0.4) is 0 Å². The second-order valence-corrected chi connectivity index (χ2v) is 14.2. The fourth-order valence-electron chi connectivity index (χ4n) is 8.20. The van der Waals surface area contributed by atoms with E-state index in [4.69, 9.17) is 0 Å². The lowest BCUT2D eigenvalue weighted by Crippen LogP contribution is -3.00. The number of rotatable bonds is 33. The summed E-state index contributed by atoms with van der Waals surface area (Å²) in [5, 5.41) is 0. The van der Waals surface area contributed by atoms with Gasteiger partial charge in [0.05, 0.1) is 19.6 Å². The standard InChI is InChI=1S/C40H84N.BrH/c1-8-15-21-22-23-24-25-26-27-28-29-30-31-32-38-41(36-19-12-5,37-20-13-6)40(34-17-10-3,35-18-11-4)39(14-7)33-16-9-2;/h39H,8-38H2,1-7H3;1H/q+1;/p-1. The third-order valence-corrected chi connectivity index (χ3v) is 10.8. The molecule has 0 aliphatic heterocycles. The molecule has 0 aromatic carbocycles. The van der Waals surface area contributed by atoms with Gasteiger partial charge >= 0.3 is 0 Å². The summed E-state index contributed by atoms with van der Waals surface area (Å²) in [6.07, 6.45) is 40.3. The molecule has 256 valence electrons. The van der Waals surface area contributed by atoms with Crippen molar-refractivity contribution in [3.8, 4) is 0 Å². The maximum absolute atomic E-state index is 2.55. The van der Waals surface area contributed by atoms with Crippen LogP contribution in [0.25, 0.3) is 0 Å². The Hall–Kier alpha value is 0.440. The van der Waals surface area contributed by atoms with E-state index in [9.17, 15) is 0 Å². The van der Waals surface area contributed by atoms with Gasteiger partial charge in [-0.05, 0) is 51.4 Å². The Kier molecular flexibility index (Phi) is 33.3. The molecule has 2 heteroatoms. The molecule has 0 N–H and O–H groups in total. The number of hydrogen-bond acceptors (Lipinski definition) is 0. The molecule has 0 radical (unpaired) electrons. The molecular formula is C40H84BrN. The molecule has 1 atom stereocenters. The maximum Gasteiger partial charge on any atom is 0.102 e. The van der Waals surface area contributed by atoms with Crippen LogP contribution in [0.4, 0.5) is 0 Å². The maximum atomic E-state index is 2.55. The van der Waals surface area contributed by atoms with Crippen LogP contribution >= 0.6 is 0 Å². The zero-order chi connectivity index (χ0) is 30.5. The Morgan fingerprint density at radius 2 is 0.714 bits per heavy atom. The fourth-order valence-corrected chi connectivity index (χ4v) is 8.20. The first-order chi connectivity index (χ1) is 20.1. The molecule has 0 aliphatic rings. The summed E-state index contributed by atoms with van der Waals surface area (Å²) >= 11 is 0. The molecule has 0 spiro atoms. The van der Waals surface area contributed by atoms with Crippen molar-refractivity contribution in [1.82, 2.24) is 0 Å². The lowest BCUT2D eigenvalue weighted by molar-refractivity contribution is -0.982. The Bertz CT molecular complexity index is 502. The predicted molar refractivity (Wildman–Crippen MR) is 190 cm³/mol. The summed E-state index contributed by atoms with van der Waals surface area (Å²) in [5.74, 6) is 0.904. The lowest BCUT2D eigenvalue weighted by Gasteiger charge is -2.58. The SMILES string of the molecule is CCCCCCCCCCCCCCCC[N+](CCCC)(CCCC)C(CCCC)(CCCC)C(CC)CCCC.[Br-]. The second kappa shape index (κ2) is 31.4. The molecule has 0 aromatic rings. The highest BCUT2D eigenvalue weighted by Crippen LogP contribution is 2.46.